The van der Waals surface area contributed by atoms with Crippen LogP contribution in [0.15, 0.2) is 29.7 Å². The van der Waals surface area contributed by atoms with E-state index < -0.39 is 0 Å². The van der Waals surface area contributed by atoms with E-state index in [1.807, 2.05) is 30.8 Å². The van der Waals surface area contributed by atoms with E-state index in [0.29, 0.717) is 5.69 Å². The van der Waals surface area contributed by atoms with E-state index >= 15 is 0 Å². The van der Waals surface area contributed by atoms with Crippen molar-refractivity contribution in [3.63, 3.8) is 0 Å². The molecule has 2 aromatic heterocycles. The Balaban J connectivity index is 2.02. The van der Waals surface area contributed by atoms with E-state index in [1.54, 1.807) is 0 Å². The Morgan fingerprint density at radius 1 is 1.12 bits per heavy atom. The summed E-state index contributed by atoms with van der Waals surface area (Å²) in [6.07, 6.45) is 11.3. The van der Waals surface area contributed by atoms with Crippen molar-refractivity contribution in [2.75, 3.05) is 12.0 Å². The number of thioether (sulfide) groups is 1. The molecule has 4 rings (SSSR count). The van der Waals surface area contributed by atoms with Crippen molar-refractivity contribution in [3.8, 4) is 11.3 Å². The molecule has 0 bridgehead atoms. The number of fused-ring (bicyclic) bond motifs is 3. The summed E-state index contributed by atoms with van der Waals surface area (Å²) in [6.45, 7) is 0. The number of benzene rings is 1. The molecule has 0 aliphatic heterocycles. The Kier molecular flexibility index (Phi) is 4.13. The summed E-state index contributed by atoms with van der Waals surface area (Å²) in [5.74, 6) is 0. The fourth-order valence-corrected chi connectivity index (χ4v) is 3.92. The highest BCUT2D eigenvalue weighted by molar-refractivity contribution is 7.98. The topological polar surface area (TPSA) is 88.5 Å². The van der Waals surface area contributed by atoms with Gasteiger partial charge in [-0.25, -0.2) is 15.0 Å². The van der Waals surface area contributed by atoms with Crippen LogP contribution in [-0.2, 0) is 12.8 Å². The van der Waals surface area contributed by atoms with Crippen LogP contribution < -0.4 is 5.73 Å². The summed E-state index contributed by atoms with van der Waals surface area (Å²) >= 11 is 1.53. The normalized spacial score (nSPS) is 13.6. The SMILES string of the molecule is CSc1ncc(-c2nc3ccc(N)c(C=N)c3c3c2CCCC3)cn1. The monoisotopic (exact) mass is 349 g/mol. The van der Waals surface area contributed by atoms with Crippen molar-refractivity contribution in [2.45, 2.75) is 30.8 Å². The van der Waals surface area contributed by atoms with Gasteiger partial charge in [0.15, 0.2) is 5.16 Å². The van der Waals surface area contributed by atoms with Crippen molar-refractivity contribution in [1.82, 2.24) is 15.0 Å². The first-order valence-electron chi connectivity index (χ1n) is 8.33. The number of anilines is 1. The molecule has 3 N–H and O–H groups in total. The van der Waals surface area contributed by atoms with Gasteiger partial charge in [0.25, 0.3) is 0 Å². The fraction of sp³-hybridized carbons (Fsp3) is 0.263. The predicted octanol–water partition coefficient (Wildman–Crippen LogP) is 3.87. The largest absolute Gasteiger partial charge is 0.398 e. The quantitative estimate of drug-likeness (QED) is 0.324. The maximum atomic E-state index is 7.79. The van der Waals surface area contributed by atoms with Crippen LogP contribution in [0.1, 0.15) is 29.5 Å². The molecular weight excluding hydrogens is 330 g/mol. The fourth-order valence-electron chi connectivity index (χ4n) is 3.60. The molecular formula is C19H19N5S. The van der Waals surface area contributed by atoms with Gasteiger partial charge in [-0.2, -0.15) is 0 Å². The number of aromatic nitrogens is 3. The minimum absolute atomic E-state index is 0.637. The summed E-state index contributed by atoms with van der Waals surface area (Å²) in [6, 6.07) is 3.79. The lowest BCUT2D eigenvalue weighted by Gasteiger charge is -2.22. The number of hydrogen-bond donors (Lipinski definition) is 2. The smallest absolute Gasteiger partial charge is 0.187 e. The first-order valence-corrected chi connectivity index (χ1v) is 9.56. The van der Waals surface area contributed by atoms with Gasteiger partial charge >= 0.3 is 0 Å². The van der Waals surface area contributed by atoms with E-state index in [2.05, 4.69) is 9.97 Å². The molecule has 5 nitrogen and oxygen atoms in total. The standard InChI is InChI=1S/C19H19N5S/c1-25-19-22-9-11(10-23-19)18-13-5-3-2-4-12(13)17-14(8-20)15(21)6-7-16(17)24-18/h6-10,20H,2-5,21H2,1H3. The second kappa shape index (κ2) is 6.44. The Hall–Kier alpha value is -2.47. The number of nitrogens with two attached hydrogens (primary N) is 1. The molecule has 0 radical (unpaired) electrons. The van der Waals surface area contributed by atoms with Crippen molar-refractivity contribution >= 4 is 34.6 Å². The van der Waals surface area contributed by atoms with Gasteiger partial charge in [0, 0.05) is 40.8 Å². The third kappa shape index (κ3) is 2.66. The Morgan fingerprint density at radius 3 is 2.52 bits per heavy atom. The number of nitrogens with zero attached hydrogens (tertiary/aromatic N) is 3. The zero-order valence-electron chi connectivity index (χ0n) is 14.0. The van der Waals surface area contributed by atoms with Gasteiger partial charge in [-0.05, 0) is 55.2 Å². The van der Waals surface area contributed by atoms with Gasteiger partial charge in [0.1, 0.15) is 0 Å². The molecule has 0 saturated heterocycles. The van der Waals surface area contributed by atoms with Gasteiger partial charge in [-0.15, -0.1) is 0 Å². The molecule has 2 heterocycles. The summed E-state index contributed by atoms with van der Waals surface area (Å²) in [5.41, 5.74) is 12.9. The van der Waals surface area contributed by atoms with Crippen LogP contribution >= 0.6 is 11.8 Å². The summed E-state index contributed by atoms with van der Waals surface area (Å²) < 4.78 is 0. The number of hydrogen-bond acceptors (Lipinski definition) is 6. The van der Waals surface area contributed by atoms with Crippen LogP contribution in [0.3, 0.4) is 0 Å². The minimum atomic E-state index is 0.637. The number of pyridine rings is 1. The lowest BCUT2D eigenvalue weighted by molar-refractivity contribution is 0.689. The Bertz CT molecular complexity index is 966. The van der Waals surface area contributed by atoms with Gasteiger partial charge < -0.3 is 11.1 Å². The number of rotatable bonds is 3. The average Bonchev–Trinajstić information content (AvgIpc) is 2.67. The lowest BCUT2D eigenvalue weighted by Crippen LogP contribution is -2.10. The average molecular weight is 349 g/mol. The van der Waals surface area contributed by atoms with Crippen molar-refractivity contribution in [2.24, 2.45) is 0 Å². The maximum Gasteiger partial charge on any atom is 0.187 e. The lowest BCUT2D eigenvalue weighted by atomic mass is 9.85. The second-order valence-corrected chi connectivity index (χ2v) is 6.96. The molecule has 1 aliphatic rings. The summed E-state index contributed by atoms with van der Waals surface area (Å²) in [7, 11) is 0. The molecule has 0 saturated carbocycles. The van der Waals surface area contributed by atoms with Gasteiger partial charge in [0.2, 0.25) is 0 Å². The van der Waals surface area contributed by atoms with E-state index in [1.165, 1.54) is 29.1 Å². The maximum absolute atomic E-state index is 7.79. The molecule has 0 atom stereocenters. The minimum Gasteiger partial charge on any atom is -0.398 e. The number of nitrogen functional groups attached to an aromatic ring is 1. The molecule has 0 fully saturated rings. The third-order valence-electron chi connectivity index (χ3n) is 4.77. The first-order chi connectivity index (χ1) is 12.2. The Labute approximate surface area is 150 Å². The number of nitrogens with one attached hydrogen (secondary N) is 1. The molecule has 0 spiro atoms. The van der Waals surface area contributed by atoms with E-state index in [4.69, 9.17) is 16.1 Å². The second-order valence-electron chi connectivity index (χ2n) is 6.19. The highest BCUT2D eigenvalue weighted by atomic mass is 32.2. The highest BCUT2D eigenvalue weighted by Crippen LogP contribution is 2.37. The van der Waals surface area contributed by atoms with Crippen LogP contribution in [0.4, 0.5) is 5.69 Å². The van der Waals surface area contributed by atoms with Crippen LogP contribution in [0, 0.1) is 5.41 Å². The van der Waals surface area contributed by atoms with E-state index in [-0.39, 0.29) is 0 Å². The van der Waals surface area contributed by atoms with Crippen LogP contribution in [0.2, 0.25) is 0 Å². The van der Waals surface area contributed by atoms with Crippen molar-refractivity contribution in [3.05, 3.63) is 41.2 Å². The first kappa shape index (κ1) is 16.0. The third-order valence-corrected chi connectivity index (χ3v) is 5.35. The van der Waals surface area contributed by atoms with Crippen LogP contribution in [-0.4, -0.2) is 27.4 Å². The molecule has 3 aromatic rings. The van der Waals surface area contributed by atoms with Gasteiger partial charge in [-0.3, -0.25) is 0 Å². The number of aryl methyl sites for hydroxylation is 1. The molecule has 1 aromatic carbocycles. The van der Waals surface area contributed by atoms with Gasteiger partial charge in [0.05, 0.1) is 11.2 Å². The van der Waals surface area contributed by atoms with Crippen LogP contribution in [0.25, 0.3) is 22.2 Å². The Morgan fingerprint density at radius 2 is 1.84 bits per heavy atom. The van der Waals surface area contributed by atoms with E-state index in [9.17, 15) is 0 Å². The molecule has 0 unspecified atom stereocenters. The zero-order chi connectivity index (χ0) is 17.4. The van der Waals surface area contributed by atoms with Crippen LogP contribution in [0.5, 0.6) is 0 Å². The van der Waals surface area contributed by atoms with Crippen molar-refractivity contribution < 1.29 is 0 Å². The molecule has 6 heteroatoms. The van der Waals surface area contributed by atoms with E-state index in [0.717, 1.165) is 58.6 Å². The molecule has 1 aliphatic carbocycles. The highest BCUT2D eigenvalue weighted by Gasteiger charge is 2.21. The van der Waals surface area contributed by atoms with Gasteiger partial charge in [-0.1, -0.05) is 11.8 Å². The zero-order valence-corrected chi connectivity index (χ0v) is 14.9. The van der Waals surface area contributed by atoms with Crippen molar-refractivity contribution in [1.29, 1.82) is 5.41 Å². The summed E-state index contributed by atoms with van der Waals surface area (Å²) in [4.78, 5) is 13.7. The predicted molar refractivity (Wildman–Crippen MR) is 103 cm³/mol. The molecule has 126 valence electrons. The summed E-state index contributed by atoms with van der Waals surface area (Å²) in [5, 5.41) is 9.59. The molecule has 25 heavy (non-hydrogen) atoms. The molecule has 0 amide bonds.